The highest BCUT2D eigenvalue weighted by Crippen LogP contribution is 2.09. The van der Waals surface area contributed by atoms with Crippen molar-refractivity contribution in [2.45, 2.75) is 52.1 Å². The molecule has 6 heteroatoms. The molecule has 0 saturated carbocycles. The normalized spacial score (nSPS) is 12.4. The number of nitrogens with one attached hydrogen (secondary N) is 1. The monoisotopic (exact) mass is 289 g/mol. The Balaban J connectivity index is 0.000000443. The Morgan fingerprint density at radius 2 is 1.79 bits per heavy atom. The van der Waals surface area contributed by atoms with E-state index in [1.54, 1.807) is 6.92 Å². The maximum absolute atomic E-state index is 10.2. The number of aromatic nitrogens is 1. The van der Waals surface area contributed by atoms with Gasteiger partial charge in [0.15, 0.2) is 12.4 Å². The molecular formula is C13H23NO4S. The molecule has 19 heavy (non-hydrogen) atoms. The second-order valence-corrected chi connectivity index (χ2v) is 5.25. The van der Waals surface area contributed by atoms with E-state index in [1.807, 2.05) is 30.6 Å². The lowest BCUT2D eigenvalue weighted by Gasteiger charge is -2.14. The summed E-state index contributed by atoms with van der Waals surface area (Å²) in [5.74, 6) is 0. The Labute approximate surface area is 116 Å². The summed E-state index contributed by atoms with van der Waals surface area (Å²) in [4.78, 5) is 2.89. The zero-order chi connectivity index (χ0) is 14.6. The van der Waals surface area contributed by atoms with Gasteiger partial charge in [-0.1, -0.05) is 38.7 Å². The molecule has 1 aromatic heterocycles. The van der Waals surface area contributed by atoms with Crippen molar-refractivity contribution in [2.75, 3.05) is 0 Å². The Morgan fingerprint density at radius 1 is 1.16 bits per heavy atom. The van der Waals surface area contributed by atoms with E-state index in [4.69, 9.17) is 0 Å². The molecule has 1 rings (SSSR count). The van der Waals surface area contributed by atoms with Crippen LogP contribution in [0.3, 0.4) is 0 Å². The van der Waals surface area contributed by atoms with Gasteiger partial charge in [-0.15, -0.1) is 0 Å². The standard InChI is InChI=1S/C8H18O4S.C5H5N/c1-3-4-5-6-7-8(2)12-13(9,10)11;1-2-4-6-5-3-1/h8H,3-7H2,1-2H3,(H,9,10,11);1-5H. The number of hydrogen-bond acceptors (Lipinski definition) is 4. The number of aromatic amines is 1. The minimum atomic E-state index is -4.52. The first kappa shape index (κ1) is 18.0. The van der Waals surface area contributed by atoms with Crippen LogP contribution < -0.4 is 4.98 Å². The average molecular weight is 289 g/mol. The van der Waals surface area contributed by atoms with Crippen LogP contribution in [0.15, 0.2) is 30.6 Å². The van der Waals surface area contributed by atoms with E-state index in [0.717, 1.165) is 25.7 Å². The Bertz CT molecular complexity index is 368. The van der Waals surface area contributed by atoms with Crippen LogP contribution in [0.2, 0.25) is 0 Å². The molecular weight excluding hydrogens is 266 g/mol. The van der Waals surface area contributed by atoms with Crippen LogP contribution in [0.1, 0.15) is 46.0 Å². The van der Waals surface area contributed by atoms with Gasteiger partial charge in [-0.05, 0) is 13.3 Å². The quantitative estimate of drug-likeness (QED) is 0.438. The van der Waals surface area contributed by atoms with Gasteiger partial charge in [0.25, 0.3) is 0 Å². The molecule has 1 N–H and O–H groups in total. The van der Waals surface area contributed by atoms with Gasteiger partial charge in [0.05, 0.1) is 6.10 Å². The first-order valence-electron chi connectivity index (χ1n) is 6.51. The number of H-pyrrole nitrogens is 1. The van der Waals surface area contributed by atoms with Gasteiger partial charge in [0, 0.05) is 12.1 Å². The third-order valence-electron chi connectivity index (χ3n) is 2.35. The molecule has 0 aromatic carbocycles. The van der Waals surface area contributed by atoms with E-state index in [1.165, 1.54) is 0 Å². The van der Waals surface area contributed by atoms with Crippen molar-refractivity contribution in [3.05, 3.63) is 30.6 Å². The lowest BCUT2D eigenvalue weighted by atomic mass is 10.1. The van der Waals surface area contributed by atoms with Crippen molar-refractivity contribution < 1.29 is 22.1 Å². The molecule has 1 unspecified atom stereocenters. The van der Waals surface area contributed by atoms with Gasteiger partial charge < -0.3 is 4.55 Å². The Kier molecular flexibility index (Phi) is 10.3. The van der Waals surface area contributed by atoms with Crippen LogP contribution in [-0.2, 0) is 14.6 Å². The van der Waals surface area contributed by atoms with Crippen LogP contribution in [0.25, 0.3) is 0 Å². The van der Waals surface area contributed by atoms with E-state index in [-0.39, 0.29) is 0 Å². The summed E-state index contributed by atoms with van der Waals surface area (Å²) in [5, 5.41) is 0. The fourth-order valence-corrected chi connectivity index (χ4v) is 1.95. The van der Waals surface area contributed by atoms with E-state index >= 15 is 0 Å². The number of rotatable bonds is 7. The predicted molar refractivity (Wildman–Crippen MR) is 72.0 cm³/mol. The molecule has 0 spiro atoms. The fraction of sp³-hybridized carbons (Fsp3) is 0.615. The predicted octanol–water partition coefficient (Wildman–Crippen LogP) is 2.32. The van der Waals surface area contributed by atoms with Crippen LogP contribution in [-0.4, -0.2) is 19.1 Å². The summed E-state index contributed by atoms with van der Waals surface area (Å²) in [6.45, 7) is 3.70. The van der Waals surface area contributed by atoms with Crippen molar-refractivity contribution in [1.29, 1.82) is 0 Å². The molecule has 0 aliphatic heterocycles. The molecule has 5 nitrogen and oxygen atoms in total. The van der Waals surface area contributed by atoms with Gasteiger partial charge in [-0.25, -0.2) is 13.4 Å². The highest BCUT2D eigenvalue weighted by molar-refractivity contribution is 7.80. The second kappa shape index (κ2) is 10.9. The average Bonchev–Trinajstić information content (AvgIpc) is 2.35. The third-order valence-corrected chi connectivity index (χ3v) is 2.92. The van der Waals surface area contributed by atoms with Crippen LogP contribution in [0, 0.1) is 0 Å². The van der Waals surface area contributed by atoms with E-state index in [0.29, 0.717) is 6.42 Å². The van der Waals surface area contributed by atoms with Crippen LogP contribution >= 0.6 is 0 Å². The molecule has 0 fully saturated rings. The summed E-state index contributed by atoms with van der Waals surface area (Å²) in [6.07, 6.45) is 8.13. The molecule has 110 valence electrons. The van der Waals surface area contributed by atoms with Gasteiger partial charge >= 0.3 is 0 Å². The van der Waals surface area contributed by atoms with Gasteiger partial charge in [0.2, 0.25) is 10.4 Å². The van der Waals surface area contributed by atoms with E-state index in [9.17, 15) is 13.0 Å². The summed E-state index contributed by atoms with van der Waals surface area (Å²) in [5.41, 5.74) is 0. The largest absolute Gasteiger partial charge is 0.726 e. The van der Waals surface area contributed by atoms with E-state index in [2.05, 4.69) is 16.1 Å². The molecule has 0 aliphatic rings. The zero-order valence-electron chi connectivity index (χ0n) is 11.5. The molecule has 0 amide bonds. The number of unbranched alkanes of at least 4 members (excludes halogenated alkanes) is 3. The first-order valence-corrected chi connectivity index (χ1v) is 7.84. The lowest BCUT2D eigenvalue weighted by molar-refractivity contribution is -0.377. The first-order chi connectivity index (χ1) is 8.95. The second-order valence-electron chi connectivity index (χ2n) is 4.24. The minimum Gasteiger partial charge on any atom is -0.726 e. The Hall–Kier alpha value is -0.980. The van der Waals surface area contributed by atoms with Crippen molar-refractivity contribution in [3.63, 3.8) is 0 Å². The van der Waals surface area contributed by atoms with Crippen molar-refractivity contribution >= 4 is 10.4 Å². The molecule has 1 aromatic rings. The molecule has 0 radical (unpaired) electrons. The molecule has 1 heterocycles. The number of pyridine rings is 1. The molecule has 0 bridgehead atoms. The number of hydrogen-bond donors (Lipinski definition) is 0. The van der Waals surface area contributed by atoms with Gasteiger partial charge in [-0.2, -0.15) is 0 Å². The Morgan fingerprint density at radius 3 is 2.16 bits per heavy atom. The SMILES string of the molecule is CCCCCCC(C)OS(=O)(=O)[O-].c1cc[nH+]cc1. The maximum atomic E-state index is 10.2. The van der Waals surface area contributed by atoms with E-state index < -0.39 is 16.5 Å². The van der Waals surface area contributed by atoms with Gasteiger partial charge in [-0.3, -0.25) is 4.18 Å². The minimum absolute atomic E-state index is 0.487. The van der Waals surface area contributed by atoms with Crippen molar-refractivity contribution in [2.24, 2.45) is 0 Å². The highest BCUT2D eigenvalue weighted by Gasteiger charge is 2.05. The topological polar surface area (TPSA) is 80.6 Å². The highest BCUT2D eigenvalue weighted by atomic mass is 32.3. The van der Waals surface area contributed by atoms with Crippen molar-refractivity contribution in [1.82, 2.24) is 0 Å². The summed E-state index contributed by atoms with van der Waals surface area (Å²) in [6, 6.07) is 5.86. The molecule has 0 saturated heterocycles. The summed E-state index contributed by atoms with van der Waals surface area (Å²) >= 11 is 0. The third kappa shape index (κ3) is 15.0. The van der Waals surface area contributed by atoms with Crippen LogP contribution in [0.5, 0.6) is 0 Å². The zero-order valence-corrected chi connectivity index (χ0v) is 12.4. The summed E-state index contributed by atoms with van der Waals surface area (Å²) in [7, 11) is -4.52. The molecule has 0 aliphatic carbocycles. The maximum Gasteiger partial charge on any atom is 0.217 e. The smallest absolute Gasteiger partial charge is 0.217 e. The van der Waals surface area contributed by atoms with Gasteiger partial charge in [0.1, 0.15) is 0 Å². The van der Waals surface area contributed by atoms with Crippen LogP contribution in [0.4, 0.5) is 0 Å². The fourth-order valence-electron chi connectivity index (χ4n) is 1.45. The van der Waals surface area contributed by atoms with Crippen molar-refractivity contribution in [3.8, 4) is 0 Å². The molecule has 1 atom stereocenters. The summed E-state index contributed by atoms with van der Waals surface area (Å²) < 4.78 is 34.7. The lowest BCUT2D eigenvalue weighted by Crippen LogP contribution is -2.14.